The van der Waals surface area contributed by atoms with Crippen LogP contribution in [0.2, 0.25) is 0 Å². The predicted octanol–water partition coefficient (Wildman–Crippen LogP) is -12.2. The van der Waals surface area contributed by atoms with Crippen molar-refractivity contribution >= 4 is 148 Å². The maximum Gasteiger partial charge on any atom is 0.328 e. The molecule has 0 aliphatic rings. The van der Waals surface area contributed by atoms with Crippen molar-refractivity contribution in [1.82, 2.24) is 95.7 Å². The third-order valence-electron chi connectivity index (χ3n) is 22.0. The van der Waals surface area contributed by atoms with Crippen molar-refractivity contribution in [2.45, 2.75) is 312 Å². The topological polar surface area (TPSA) is 1010 Å². The van der Waals surface area contributed by atoms with E-state index in [1.807, 2.05) is 10.6 Å². The second-order valence-electron chi connectivity index (χ2n) is 36.2. The summed E-state index contributed by atoms with van der Waals surface area (Å²) >= 11 is 0. The minimum Gasteiger partial charge on any atom is -0.508 e. The lowest BCUT2D eigenvalue weighted by Gasteiger charge is -2.29. The number of guanidine groups is 1. The molecular weight excluding hydrogens is 1960 g/mol. The molecule has 0 heterocycles. The molecule has 0 fully saturated rings. The van der Waals surface area contributed by atoms with Crippen molar-refractivity contribution in [3.05, 3.63) is 29.8 Å². The first-order valence-corrected chi connectivity index (χ1v) is 47.7. The van der Waals surface area contributed by atoms with Gasteiger partial charge in [0, 0.05) is 38.6 Å². The molecule has 832 valence electrons. The average molecular weight is 2110 g/mol. The molecule has 148 heavy (non-hydrogen) atoms. The largest absolute Gasteiger partial charge is 0.508 e. The Morgan fingerprint density at radius 3 is 0.885 bits per heavy atom. The van der Waals surface area contributed by atoms with E-state index in [1.165, 1.54) is 31.2 Å². The Morgan fingerprint density at radius 1 is 0.304 bits per heavy atom. The zero-order chi connectivity index (χ0) is 113. The highest BCUT2D eigenvalue weighted by Crippen LogP contribution is 2.18. The van der Waals surface area contributed by atoms with Crippen molar-refractivity contribution < 1.29 is 166 Å². The molecule has 59 nitrogen and oxygen atoms in total. The van der Waals surface area contributed by atoms with E-state index in [4.69, 9.17) is 39.8 Å². The Kier molecular flexibility index (Phi) is 60.9. The maximum atomic E-state index is 14.6. The SMILES string of the molecule is CC(C)C[C@H](NC(=O)[C@H](CCCNC(=N)N)NC(=O)[C@H](CCC(=O)O)NC(=O)[C@@H](N)[C@@H](C)O)C(=O)N[C@@H](CCCCN)C(=O)N[C@@H](C)C(=O)N[C@@H](CC(N)=O)C(=O)N[C@@H](CC(=O)O)C(=O)N[C@@H](CO)C(=O)N[C@@H](CC(C)C)C(=O)N[C@@H](CCCCN)C(=O)N[C@@H](CC(C)C)C(=O)N[C@@H](CO)C(=O)N[C@@H](CCC(N)=O)C(=O)N[C@@H](CCC(=O)O)C(=O)N[C@@H](Cc1ccc(O)cc1)C(=O)N[C@@H](CCC(=O)O)C(=O)N[C@@H](CO)C(=O)O. The number of rotatable bonds is 75. The average Bonchev–Trinajstić information content (AvgIpc) is 0.880. The number of hydrogen-bond acceptors (Lipinski definition) is 33. The molecule has 0 saturated carbocycles. The Hall–Kier alpha value is -14.7. The number of primary amides is 2. The lowest BCUT2D eigenvalue weighted by Crippen LogP contribution is -2.62. The molecule has 1 rings (SSSR count). The van der Waals surface area contributed by atoms with Crippen LogP contribution in [0.15, 0.2) is 24.3 Å². The van der Waals surface area contributed by atoms with Gasteiger partial charge in [0.25, 0.3) is 0 Å². The fourth-order valence-corrected chi connectivity index (χ4v) is 14.0. The molecule has 0 saturated heterocycles. The van der Waals surface area contributed by atoms with E-state index < -0.39 is 365 Å². The molecule has 1 aromatic carbocycles. The summed E-state index contributed by atoms with van der Waals surface area (Å²) in [6, 6.07) is -27.8. The zero-order valence-electron chi connectivity index (χ0n) is 83.5. The van der Waals surface area contributed by atoms with E-state index >= 15 is 0 Å². The normalized spacial score (nSPS) is 15.0. The van der Waals surface area contributed by atoms with E-state index in [0.717, 1.165) is 6.92 Å². The number of nitrogens with two attached hydrogens (primary N) is 6. The Bertz CT molecular complexity index is 4680. The summed E-state index contributed by atoms with van der Waals surface area (Å²) in [5.74, 6) is -33.3. The number of aliphatic carboxylic acids is 5. The van der Waals surface area contributed by atoms with E-state index in [0.29, 0.717) is 0 Å². The van der Waals surface area contributed by atoms with Gasteiger partial charge in [0.1, 0.15) is 115 Å². The van der Waals surface area contributed by atoms with Gasteiger partial charge < -0.3 is 181 Å². The number of nitrogens with one attached hydrogen (secondary N) is 19. The summed E-state index contributed by atoms with van der Waals surface area (Å²) < 4.78 is 0. The molecule has 19 atom stereocenters. The molecule has 1 aromatic rings. The van der Waals surface area contributed by atoms with Crippen molar-refractivity contribution in [2.75, 3.05) is 39.5 Å². The smallest absolute Gasteiger partial charge is 0.328 e. The van der Waals surface area contributed by atoms with Crippen molar-refractivity contribution in [3.63, 3.8) is 0 Å². The highest BCUT2D eigenvalue weighted by atomic mass is 16.4. The van der Waals surface area contributed by atoms with Gasteiger partial charge in [-0.1, -0.05) is 53.7 Å². The van der Waals surface area contributed by atoms with Crippen LogP contribution >= 0.6 is 0 Å². The van der Waals surface area contributed by atoms with Crippen LogP contribution in [-0.2, 0) is 121 Å². The van der Waals surface area contributed by atoms with Crippen LogP contribution in [0, 0.1) is 23.2 Å². The first-order chi connectivity index (χ1) is 69.3. The summed E-state index contributed by atoms with van der Waals surface area (Å²) in [5.41, 5.74) is 33.8. The highest BCUT2D eigenvalue weighted by molar-refractivity contribution is 6.03. The number of amides is 19. The molecular formula is C89H147N25O34. The minimum atomic E-state index is -2.25. The predicted molar refractivity (Wildman–Crippen MR) is 517 cm³/mol. The molecule has 0 aliphatic carbocycles. The van der Waals surface area contributed by atoms with E-state index in [-0.39, 0.29) is 107 Å². The van der Waals surface area contributed by atoms with Gasteiger partial charge in [0.15, 0.2) is 5.96 Å². The molecule has 0 bridgehead atoms. The summed E-state index contributed by atoms with van der Waals surface area (Å²) in [6.45, 7) is 8.31. The van der Waals surface area contributed by atoms with Gasteiger partial charge in [-0.3, -0.25) is 116 Å². The number of aliphatic hydroxyl groups is 4. The monoisotopic (exact) mass is 2110 g/mol. The number of benzene rings is 1. The molecule has 0 aliphatic heterocycles. The van der Waals surface area contributed by atoms with Crippen LogP contribution in [0.4, 0.5) is 0 Å². The number of carbonyl (C=O) groups excluding carboxylic acids is 19. The Balaban J connectivity index is 3.70. The second kappa shape index (κ2) is 68.6. The van der Waals surface area contributed by atoms with Gasteiger partial charge in [-0.2, -0.15) is 0 Å². The van der Waals surface area contributed by atoms with Gasteiger partial charge in [-0.25, -0.2) is 4.79 Å². The number of carboxylic acids is 5. The van der Waals surface area contributed by atoms with Gasteiger partial charge in [-0.15, -0.1) is 0 Å². The fourth-order valence-electron chi connectivity index (χ4n) is 14.0. The zero-order valence-corrected chi connectivity index (χ0v) is 83.5. The number of unbranched alkanes of at least 4 members (excludes halogenated alkanes) is 2. The standard InChI is InChI=1S/C89H147N25O34/c1-41(2)32-55(107-74(133)50(16-13-31-97-89(95)96)99-76(135)54(24-28-68(126)127)105-87(146)70(94)45(8)118)79(138)100-48(14-9-11-29-90)72(131)98-44(7)71(130)106-59(36-65(93)121)83(142)111-60(37-69(128)129)84(143)113-62(39-116)86(145)109-56(33-42(3)4)80(139)101-49(15-10-12-30-91)73(132)108-57(34-43(5)6)81(140)112-61(38-115)85(144)104-51(21-25-64(92)120)75(134)102-52(22-26-66(122)123)77(136)110-58(35-46-17-19-47(119)20-18-46)82(141)103-53(23-27-67(124)125)78(137)114-63(40-117)88(147)148/h17-20,41-45,48-63,70,115-119H,9-16,21-40,90-91,94H2,1-8H3,(H2,92,120)(H2,93,121)(H,98,131)(H,99,135)(H,100,138)(H,101,139)(H,102,134)(H,103,141)(H,104,144)(H,105,146)(H,106,130)(H,107,133)(H,108,132)(H,109,145)(H,110,136)(H,111,142)(H,112,140)(H,113,143)(H,114,137)(H,122,123)(H,124,125)(H,126,127)(H,128,129)(H,147,148)(H4,95,96,97)/t44-,45+,48-,49-,50-,51-,52-,53-,54-,55-,56-,57-,58-,59-,60-,61-,62-,63-,70-/m0/s1. The van der Waals surface area contributed by atoms with Gasteiger partial charge in [0.2, 0.25) is 112 Å². The van der Waals surface area contributed by atoms with Crippen LogP contribution in [0.1, 0.15) is 196 Å². The van der Waals surface area contributed by atoms with Crippen molar-refractivity contribution in [2.24, 2.45) is 52.2 Å². The highest BCUT2D eigenvalue weighted by Gasteiger charge is 2.42. The quantitative estimate of drug-likeness (QED) is 0.0164. The first-order valence-electron chi connectivity index (χ1n) is 47.7. The summed E-state index contributed by atoms with van der Waals surface area (Å²) in [5, 5.41) is 148. The lowest BCUT2D eigenvalue weighted by molar-refractivity contribution is -0.144. The lowest BCUT2D eigenvalue weighted by atomic mass is 10.00. The number of carboxylic acid groups (broad SMARTS) is 5. The van der Waals surface area contributed by atoms with Crippen LogP contribution in [0.5, 0.6) is 5.75 Å². The molecule has 0 aromatic heterocycles. The molecule has 41 N–H and O–H groups in total. The number of phenols is 1. The van der Waals surface area contributed by atoms with E-state index in [1.54, 1.807) is 41.5 Å². The third kappa shape index (κ3) is 52.4. The minimum absolute atomic E-state index is 0.0186. The molecule has 59 heteroatoms. The number of hydrogen-bond donors (Lipinski definition) is 35. The number of phenolic OH excluding ortho intramolecular Hbond substituents is 1. The van der Waals surface area contributed by atoms with Crippen LogP contribution in [0.3, 0.4) is 0 Å². The molecule has 0 spiro atoms. The number of carbonyl (C=O) groups is 24. The van der Waals surface area contributed by atoms with Gasteiger partial charge in [0.05, 0.1) is 38.8 Å². The van der Waals surface area contributed by atoms with Gasteiger partial charge >= 0.3 is 29.8 Å². The maximum absolute atomic E-state index is 14.6. The second-order valence-corrected chi connectivity index (χ2v) is 36.2. The third-order valence-corrected chi connectivity index (χ3v) is 22.0. The molecule has 0 unspecified atom stereocenters. The number of aromatic hydroxyl groups is 1. The van der Waals surface area contributed by atoms with Crippen LogP contribution < -0.4 is 130 Å². The van der Waals surface area contributed by atoms with Crippen molar-refractivity contribution in [3.8, 4) is 5.75 Å². The molecule has 0 radical (unpaired) electrons. The van der Waals surface area contributed by atoms with Crippen LogP contribution in [-0.4, -0.2) is 353 Å². The Labute approximate surface area is 850 Å². The fraction of sp³-hybridized carbons (Fsp3) is 0.652. The van der Waals surface area contributed by atoms with Crippen LogP contribution in [0.25, 0.3) is 0 Å². The van der Waals surface area contributed by atoms with E-state index in [2.05, 4.69) is 85.1 Å². The summed E-state index contributed by atoms with van der Waals surface area (Å²) in [4.78, 5) is 324. The summed E-state index contributed by atoms with van der Waals surface area (Å²) in [6.07, 6.45) is -10.7. The van der Waals surface area contributed by atoms with Gasteiger partial charge in [-0.05, 0) is 159 Å². The van der Waals surface area contributed by atoms with Crippen molar-refractivity contribution in [1.29, 1.82) is 5.41 Å². The molecule has 19 amide bonds. The number of aliphatic hydroxyl groups excluding tert-OH is 4. The Morgan fingerprint density at radius 2 is 0.574 bits per heavy atom. The summed E-state index contributed by atoms with van der Waals surface area (Å²) in [7, 11) is 0. The first kappa shape index (κ1) is 131. The van der Waals surface area contributed by atoms with E-state index in [9.17, 15) is 166 Å².